The van der Waals surface area contributed by atoms with Crippen LogP contribution in [0.15, 0.2) is 0 Å². The Kier molecular flexibility index (Phi) is 10.4. The summed E-state index contributed by atoms with van der Waals surface area (Å²) in [6.45, 7) is 0. The minimum absolute atomic E-state index is 1.67. The third kappa shape index (κ3) is 6.73. The fourth-order valence-electron chi connectivity index (χ4n) is 0.00972. The second-order valence-corrected chi connectivity index (χ2v) is 4.14. The molecule has 0 aromatic heterocycles. The Labute approximate surface area is 82.9 Å². The summed E-state index contributed by atoms with van der Waals surface area (Å²) in [6, 6.07) is 0. The molecule has 32 valence electrons. The summed E-state index contributed by atoms with van der Waals surface area (Å²) in [7, 11) is 0. The van der Waals surface area contributed by atoms with Gasteiger partial charge in [-0.1, -0.05) is 0 Å². The van der Waals surface area contributed by atoms with Crippen LogP contribution in [-0.4, -0.2) is 0 Å². The van der Waals surface area contributed by atoms with E-state index >= 15 is 0 Å². The monoisotopic (exact) mass is 354 g/mol. The summed E-state index contributed by atoms with van der Waals surface area (Å²) in [5.41, 5.74) is 0. The van der Waals surface area contributed by atoms with Crippen LogP contribution in [0.3, 0.4) is 0 Å². The molecule has 0 aliphatic rings. The summed E-state index contributed by atoms with van der Waals surface area (Å²) in [5, 5.41) is 0. The van der Waals surface area contributed by atoms with Gasteiger partial charge >= 0.3 is 86.2 Å². The van der Waals surface area contributed by atoms with Crippen LogP contribution in [0.5, 0.6) is 0 Å². The van der Waals surface area contributed by atoms with Gasteiger partial charge in [0.1, 0.15) is 0 Å². The van der Waals surface area contributed by atoms with Crippen molar-refractivity contribution in [2.45, 2.75) is 0 Å². The van der Waals surface area contributed by atoms with Gasteiger partial charge in [0.15, 0.2) is 0 Å². The maximum absolute atomic E-state index is 9.30. The maximum atomic E-state index is 9.30. The van der Waals surface area contributed by atoms with Gasteiger partial charge in [-0.05, 0) is 0 Å². The van der Waals surface area contributed by atoms with Crippen LogP contribution in [0.25, 0.3) is 0 Å². The van der Waals surface area contributed by atoms with E-state index in [1.165, 1.54) is 0 Å². The fourth-order valence-corrected chi connectivity index (χ4v) is 0.535. The SMILES string of the molecule is [O]=[Eu][O][Eu]=[O]. The van der Waals surface area contributed by atoms with Crippen molar-refractivity contribution in [2.75, 3.05) is 0 Å². The first kappa shape index (κ1) is 7.73. The van der Waals surface area contributed by atoms with Gasteiger partial charge in [0, 0.05) is 0 Å². The molecule has 0 saturated carbocycles. The van der Waals surface area contributed by atoms with Gasteiger partial charge in [0.05, 0.1) is 0 Å². The van der Waals surface area contributed by atoms with Gasteiger partial charge in [0.25, 0.3) is 0 Å². The van der Waals surface area contributed by atoms with Crippen LogP contribution < -0.4 is 0 Å². The predicted molar refractivity (Wildman–Crippen MR) is 2.46 cm³/mol. The Morgan fingerprint density at radius 2 is 1.60 bits per heavy atom. The van der Waals surface area contributed by atoms with E-state index in [4.69, 9.17) is 0 Å². The summed E-state index contributed by atoms with van der Waals surface area (Å²) in [5.74, 6) is 0. The third-order valence-corrected chi connectivity index (χ3v) is 2.62. The van der Waals surface area contributed by atoms with Gasteiger partial charge in [-0.2, -0.15) is 0 Å². The Balaban J connectivity index is 2.65. The summed E-state index contributed by atoms with van der Waals surface area (Å²) < 4.78 is 22.6. The van der Waals surface area contributed by atoms with E-state index < -0.39 is 91.0 Å². The van der Waals surface area contributed by atoms with E-state index in [-0.39, 0.29) is 0 Å². The topological polar surface area (TPSA) is 43.4 Å². The van der Waals surface area contributed by atoms with Crippen molar-refractivity contribution in [3.05, 3.63) is 0 Å². The summed E-state index contributed by atoms with van der Waals surface area (Å²) >= 11 is -3.35. The van der Waals surface area contributed by atoms with Crippen molar-refractivity contribution in [1.29, 1.82) is 0 Å². The molecule has 0 rings (SSSR count). The van der Waals surface area contributed by atoms with Crippen LogP contribution in [-0.2, 0) is -4.80 Å². The molecule has 0 aliphatic carbocycles. The first-order chi connectivity index (χ1) is 2.41. The number of hydrogen-bond acceptors (Lipinski definition) is 3. The van der Waals surface area contributed by atoms with Crippen molar-refractivity contribution in [1.82, 2.24) is 0 Å². The average Bonchev–Trinajstić information content (AvgIpc) is 1.41. The minimum atomic E-state index is -1.67. The Hall–Kier alpha value is 2.73. The Morgan fingerprint density at radius 1 is 1.20 bits per heavy atom. The van der Waals surface area contributed by atoms with E-state index in [1.807, 2.05) is 0 Å². The molecule has 0 aromatic carbocycles. The molecule has 0 bridgehead atoms. The molecule has 0 amide bonds. The molecule has 0 N–H and O–H groups in total. The van der Waals surface area contributed by atoms with Crippen LogP contribution in [0.2, 0.25) is 0 Å². The van der Waals surface area contributed by atoms with Gasteiger partial charge in [-0.15, -0.1) is 0 Å². The van der Waals surface area contributed by atoms with E-state index in [2.05, 4.69) is -4.75 Å². The molecule has 0 saturated heterocycles. The van der Waals surface area contributed by atoms with E-state index in [9.17, 15) is -0.0465 Å². The van der Waals surface area contributed by atoms with Crippen molar-refractivity contribution in [3.63, 3.8) is 0 Å². The van der Waals surface area contributed by atoms with Gasteiger partial charge in [0.2, 0.25) is 0 Å². The van der Waals surface area contributed by atoms with Crippen molar-refractivity contribution < 1.29 is 86.2 Å². The fraction of sp³-hybridized carbons (Fsp3) is 0. The molecule has 0 atom stereocenters. The molecule has 0 radical (unpaired) electrons. The van der Waals surface area contributed by atoms with Crippen LogP contribution in [0.4, 0.5) is 0 Å². The van der Waals surface area contributed by atoms with Crippen LogP contribution >= 0.6 is 0 Å². The van der Waals surface area contributed by atoms with E-state index in [1.54, 1.807) is 0 Å². The Bertz CT molecular complexity index is 34.2. The van der Waals surface area contributed by atoms with Gasteiger partial charge < -0.3 is 0 Å². The molecule has 5 heavy (non-hydrogen) atoms. The second-order valence-electron chi connectivity index (χ2n) is 0.184. The second kappa shape index (κ2) is 6.73. The van der Waals surface area contributed by atoms with E-state index in [0.717, 1.165) is 0 Å². The van der Waals surface area contributed by atoms with Crippen LogP contribution in [0.1, 0.15) is 0 Å². The molecule has 5 heteroatoms. The molecule has 0 aromatic rings. The van der Waals surface area contributed by atoms with Crippen LogP contribution in [0, 0.1) is 91.0 Å². The Morgan fingerprint density at radius 3 is 1.60 bits per heavy atom. The molecule has 0 unspecified atom stereocenters. The zero-order valence-electron chi connectivity index (χ0n) is 1.98. The van der Waals surface area contributed by atoms with Crippen molar-refractivity contribution >= 4 is 0 Å². The molecule has 3 nitrogen and oxygen atoms in total. The molecular formula is Eu2O3. The third-order valence-electron chi connectivity index (χ3n) is 0.0476. The number of rotatable bonds is 2. The first-order valence-corrected chi connectivity index (χ1v) is 4.58. The van der Waals surface area contributed by atoms with Gasteiger partial charge in [-0.25, -0.2) is 0 Å². The molecular weight excluding hydrogens is 352 g/mol. The first-order valence-electron chi connectivity index (χ1n) is 0.617. The molecule has 0 aliphatic heterocycles. The summed E-state index contributed by atoms with van der Waals surface area (Å²) in [4.78, 5) is 0. The normalized spacial score (nSPS) is 8.00. The van der Waals surface area contributed by atoms with E-state index in [0.29, 0.717) is 0 Å². The predicted octanol–water partition coefficient (Wildman–Crippen LogP) is -0.306. The van der Waals surface area contributed by atoms with Crippen molar-refractivity contribution in [2.24, 2.45) is 0 Å². The zero-order valence-corrected chi connectivity index (χ0v) is 6.83. The van der Waals surface area contributed by atoms with Gasteiger partial charge in [-0.3, -0.25) is 0 Å². The molecule has 0 spiro atoms. The van der Waals surface area contributed by atoms with Crippen molar-refractivity contribution in [3.8, 4) is 0 Å². The molecule has 0 fully saturated rings. The average molecular weight is 352 g/mol. The zero-order chi connectivity index (χ0) is 4.12. The summed E-state index contributed by atoms with van der Waals surface area (Å²) in [6.07, 6.45) is 0. The molecule has 0 heterocycles. The number of hydrogen-bond donors (Lipinski definition) is 0. The standard InChI is InChI=1S/2Eu.3O. The quantitative estimate of drug-likeness (QED) is 0.685.